The van der Waals surface area contributed by atoms with E-state index in [4.69, 9.17) is 14.2 Å². The topological polar surface area (TPSA) is 78.9 Å². The molecule has 0 fully saturated rings. The molecule has 0 aromatic heterocycles. The van der Waals surface area contributed by atoms with Crippen molar-refractivity contribution in [2.45, 2.75) is 316 Å². The molecular weight excluding hydrogens is 757 g/mol. The number of carbonyl (C=O) groups excluding carboxylic acids is 3. The fourth-order valence-corrected chi connectivity index (χ4v) is 8.39. The van der Waals surface area contributed by atoms with E-state index in [0.717, 1.165) is 63.7 Å². The Morgan fingerprint density at radius 3 is 0.803 bits per heavy atom. The van der Waals surface area contributed by atoms with Gasteiger partial charge in [0.25, 0.3) is 0 Å². The third-order valence-corrected chi connectivity index (χ3v) is 12.5. The van der Waals surface area contributed by atoms with Crippen LogP contribution in [0.5, 0.6) is 0 Å². The van der Waals surface area contributed by atoms with E-state index >= 15 is 0 Å². The molecule has 0 N–H and O–H groups in total. The molecular formula is C55H106O6. The number of rotatable bonds is 50. The van der Waals surface area contributed by atoms with Crippen LogP contribution in [0.25, 0.3) is 0 Å². The van der Waals surface area contributed by atoms with E-state index in [9.17, 15) is 14.4 Å². The number of ether oxygens (including phenoxy) is 3. The van der Waals surface area contributed by atoms with Gasteiger partial charge in [0.1, 0.15) is 13.2 Å². The molecule has 0 aliphatic carbocycles. The highest BCUT2D eigenvalue weighted by Crippen LogP contribution is 2.17. The minimum absolute atomic E-state index is 0.0627. The lowest BCUT2D eigenvalue weighted by Gasteiger charge is -2.18. The molecule has 0 heterocycles. The largest absolute Gasteiger partial charge is 0.462 e. The summed E-state index contributed by atoms with van der Waals surface area (Å²) in [4.78, 5) is 38.0. The first-order chi connectivity index (χ1) is 29.9. The maximum Gasteiger partial charge on any atom is 0.306 e. The van der Waals surface area contributed by atoms with Crippen LogP contribution in [0, 0.1) is 5.92 Å². The van der Waals surface area contributed by atoms with Gasteiger partial charge in [-0.15, -0.1) is 0 Å². The molecule has 6 nitrogen and oxygen atoms in total. The maximum atomic E-state index is 12.8. The molecule has 0 saturated heterocycles. The van der Waals surface area contributed by atoms with Crippen LogP contribution in [0.2, 0.25) is 0 Å². The first-order valence-electron chi connectivity index (χ1n) is 27.4. The van der Waals surface area contributed by atoms with Crippen LogP contribution in [0.1, 0.15) is 310 Å². The van der Waals surface area contributed by atoms with Crippen molar-refractivity contribution in [3.8, 4) is 0 Å². The number of hydrogen-bond acceptors (Lipinski definition) is 6. The molecule has 0 bridgehead atoms. The first kappa shape index (κ1) is 59.4. The van der Waals surface area contributed by atoms with Crippen molar-refractivity contribution in [2.75, 3.05) is 13.2 Å². The standard InChI is InChI=1S/C55H106O6/c1-5-7-9-11-13-15-17-18-19-20-21-22-23-24-26-32-36-40-44-48-55(58)61-52(49-59-53(56)46-42-38-34-30-25-16-14-12-10-8-6-2)50-60-54(57)47-43-39-35-31-28-27-29-33-37-41-45-51(3)4/h51-52H,5-50H2,1-4H3/t52-/m0/s1. The summed E-state index contributed by atoms with van der Waals surface area (Å²) in [6.45, 7) is 9.02. The number of hydrogen-bond donors (Lipinski definition) is 0. The molecule has 0 rings (SSSR count). The monoisotopic (exact) mass is 863 g/mol. The fraction of sp³-hybridized carbons (Fsp3) is 0.945. The second kappa shape index (κ2) is 49.4. The van der Waals surface area contributed by atoms with Gasteiger partial charge >= 0.3 is 17.9 Å². The van der Waals surface area contributed by atoms with Gasteiger partial charge in [-0.05, 0) is 25.2 Å². The summed E-state index contributed by atoms with van der Waals surface area (Å²) in [5.74, 6) is -0.0236. The van der Waals surface area contributed by atoms with Crippen molar-refractivity contribution >= 4 is 17.9 Å². The Bertz CT molecular complexity index is 918. The lowest BCUT2D eigenvalue weighted by atomic mass is 10.0. The Balaban J connectivity index is 4.26. The van der Waals surface area contributed by atoms with Crippen molar-refractivity contribution in [3.05, 3.63) is 0 Å². The van der Waals surface area contributed by atoms with Crippen molar-refractivity contribution in [1.82, 2.24) is 0 Å². The Hall–Kier alpha value is -1.59. The number of esters is 3. The van der Waals surface area contributed by atoms with E-state index in [1.54, 1.807) is 0 Å². The molecule has 0 aromatic carbocycles. The molecule has 0 aliphatic rings. The second-order valence-electron chi connectivity index (χ2n) is 19.3. The zero-order valence-electron chi connectivity index (χ0n) is 41.6. The van der Waals surface area contributed by atoms with E-state index in [2.05, 4.69) is 27.7 Å². The van der Waals surface area contributed by atoms with Gasteiger partial charge in [-0.3, -0.25) is 14.4 Å². The van der Waals surface area contributed by atoms with Crippen LogP contribution in [-0.4, -0.2) is 37.2 Å². The third kappa shape index (κ3) is 49.3. The summed E-state index contributed by atoms with van der Waals surface area (Å²) < 4.78 is 16.8. The molecule has 1 atom stereocenters. The molecule has 0 unspecified atom stereocenters. The summed E-state index contributed by atoms with van der Waals surface area (Å²) in [6.07, 6.45) is 52.4. The van der Waals surface area contributed by atoms with E-state index in [1.165, 1.54) is 205 Å². The molecule has 0 spiro atoms. The summed E-state index contributed by atoms with van der Waals surface area (Å²) in [7, 11) is 0. The van der Waals surface area contributed by atoms with E-state index < -0.39 is 6.10 Å². The molecule has 0 saturated carbocycles. The van der Waals surface area contributed by atoms with Gasteiger partial charge in [0.15, 0.2) is 6.10 Å². The summed E-state index contributed by atoms with van der Waals surface area (Å²) >= 11 is 0. The van der Waals surface area contributed by atoms with Crippen LogP contribution < -0.4 is 0 Å². The Morgan fingerprint density at radius 2 is 0.541 bits per heavy atom. The smallest absolute Gasteiger partial charge is 0.306 e. The van der Waals surface area contributed by atoms with Gasteiger partial charge in [-0.2, -0.15) is 0 Å². The van der Waals surface area contributed by atoms with Gasteiger partial charge in [0.05, 0.1) is 0 Å². The molecule has 61 heavy (non-hydrogen) atoms. The fourth-order valence-electron chi connectivity index (χ4n) is 8.39. The van der Waals surface area contributed by atoms with Crippen LogP contribution in [0.4, 0.5) is 0 Å². The molecule has 362 valence electrons. The van der Waals surface area contributed by atoms with Gasteiger partial charge in [0.2, 0.25) is 0 Å². The number of unbranched alkanes of at least 4 members (excludes halogenated alkanes) is 37. The van der Waals surface area contributed by atoms with Crippen LogP contribution >= 0.6 is 0 Å². The molecule has 0 aliphatic heterocycles. The van der Waals surface area contributed by atoms with Crippen molar-refractivity contribution < 1.29 is 28.6 Å². The summed E-state index contributed by atoms with van der Waals surface area (Å²) in [5.41, 5.74) is 0. The summed E-state index contributed by atoms with van der Waals surface area (Å²) in [5, 5.41) is 0. The lowest BCUT2D eigenvalue weighted by molar-refractivity contribution is -0.167. The highest BCUT2D eigenvalue weighted by Gasteiger charge is 2.19. The minimum Gasteiger partial charge on any atom is -0.462 e. The van der Waals surface area contributed by atoms with E-state index in [0.29, 0.717) is 19.3 Å². The van der Waals surface area contributed by atoms with Crippen LogP contribution in [-0.2, 0) is 28.6 Å². The zero-order valence-corrected chi connectivity index (χ0v) is 41.6. The quantitative estimate of drug-likeness (QED) is 0.0344. The van der Waals surface area contributed by atoms with Gasteiger partial charge in [-0.25, -0.2) is 0 Å². The average molecular weight is 863 g/mol. The lowest BCUT2D eigenvalue weighted by Crippen LogP contribution is -2.30. The first-order valence-corrected chi connectivity index (χ1v) is 27.4. The average Bonchev–Trinajstić information content (AvgIpc) is 3.24. The van der Waals surface area contributed by atoms with Crippen LogP contribution in [0.3, 0.4) is 0 Å². The summed E-state index contributed by atoms with van der Waals surface area (Å²) in [6, 6.07) is 0. The molecule has 0 amide bonds. The minimum atomic E-state index is -0.761. The van der Waals surface area contributed by atoms with Crippen molar-refractivity contribution in [1.29, 1.82) is 0 Å². The maximum absolute atomic E-state index is 12.8. The Kier molecular flexibility index (Phi) is 48.1. The SMILES string of the molecule is CCCCCCCCCCCCCCCCCCCCCC(=O)O[C@@H](COC(=O)CCCCCCCCCCCCC)COC(=O)CCCCCCCCCCCCC(C)C. The Labute approximate surface area is 380 Å². The van der Waals surface area contributed by atoms with Gasteiger partial charge < -0.3 is 14.2 Å². The van der Waals surface area contributed by atoms with E-state index in [-0.39, 0.29) is 31.1 Å². The predicted molar refractivity (Wildman–Crippen MR) is 261 cm³/mol. The molecule has 0 radical (unpaired) electrons. The highest BCUT2D eigenvalue weighted by molar-refractivity contribution is 5.71. The van der Waals surface area contributed by atoms with Crippen molar-refractivity contribution in [2.24, 2.45) is 5.92 Å². The highest BCUT2D eigenvalue weighted by atomic mass is 16.6. The van der Waals surface area contributed by atoms with Crippen LogP contribution in [0.15, 0.2) is 0 Å². The predicted octanol–water partition coefficient (Wildman–Crippen LogP) is 17.8. The zero-order chi connectivity index (χ0) is 44.5. The van der Waals surface area contributed by atoms with E-state index in [1.807, 2.05) is 0 Å². The van der Waals surface area contributed by atoms with Gasteiger partial charge in [-0.1, -0.05) is 272 Å². The number of carbonyl (C=O) groups is 3. The Morgan fingerprint density at radius 1 is 0.311 bits per heavy atom. The van der Waals surface area contributed by atoms with Crippen molar-refractivity contribution in [3.63, 3.8) is 0 Å². The normalized spacial score (nSPS) is 12.0. The molecule has 0 aromatic rings. The van der Waals surface area contributed by atoms with Gasteiger partial charge in [0, 0.05) is 19.3 Å². The molecule has 6 heteroatoms. The third-order valence-electron chi connectivity index (χ3n) is 12.5. The second-order valence-corrected chi connectivity index (χ2v) is 19.3.